The van der Waals surface area contributed by atoms with Crippen molar-refractivity contribution in [2.24, 2.45) is 0 Å². The molecule has 15 heavy (non-hydrogen) atoms. The first-order chi connectivity index (χ1) is 7.20. The summed E-state index contributed by atoms with van der Waals surface area (Å²) < 4.78 is 11.4. The molecule has 0 radical (unpaired) electrons. The molecule has 1 unspecified atom stereocenters. The van der Waals surface area contributed by atoms with E-state index in [-0.39, 0.29) is 19.2 Å². The Balaban J connectivity index is 2.20. The van der Waals surface area contributed by atoms with Gasteiger partial charge in [-0.3, -0.25) is 4.57 Å². The van der Waals surface area contributed by atoms with Gasteiger partial charge in [-0.05, 0) is 0 Å². The fourth-order valence-electron chi connectivity index (χ4n) is 1.24. The number of aromatic nitrogens is 3. The summed E-state index contributed by atoms with van der Waals surface area (Å²) in [7, 11) is 0. The maximum absolute atomic E-state index is 11.4. The molecular formula is C7H10N4O4. The van der Waals surface area contributed by atoms with Gasteiger partial charge in [0.15, 0.2) is 12.5 Å². The highest BCUT2D eigenvalue weighted by Crippen LogP contribution is 2.18. The van der Waals surface area contributed by atoms with Gasteiger partial charge < -0.3 is 20.3 Å². The molecule has 1 aliphatic heterocycles. The lowest BCUT2D eigenvalue weighted by molar-refractivity contribution is -0.0994. The third-order valence-corrected chi connectivity index (χ3v) is 1.94. The van der Waals surface area contributed by atoms with Crippen LogP contribution in [0.15, 0.2) is 11.1 Å². The van der Waals surface area contributed by atoms with Gasteiger partial charge in [0.2, 0.25) is 5.95 Å². The first-order valence-corrected chi connectivity index (χ1v) is 4.29. The molecule has 1 aliphatic rings. The molecule has 0 saturated carbocycles. The monoisotopic (exact) mass is 214 g/mol. The summed E-state index contributed by atoms with van der Waals surface area (Å²) in [6.45, 7) is -0.0977. The maximum atomic E-state index is 11.4. The van der Waals surface area contributed by atoms with Crippen LogP contribution in [-0.4, -0.2) is 39.1 Å². The lowest BCUT2D eigenvalue weighted by Crippen LogP contribution is -2.29. The molecule has 1 aromatic heterocycles. The molecule has 8 nitrogen and oxygen atoms in total. The maximum Gasteiger partial charge on any atom is 0.354 e. The Labute approximate surface area is 84.3 Å². The molecule has 2 rings (SSSR count). The SMILES string of the molecule is Nc1ncn(C2CO[C@H](CO)O2)c(=O)n1. The summed E-state index contributed by atoms with van der Waals surface area (Å²) >= 11 is 0. The van der Waals surface area contributed by atoms with Gasteiger partial charge in [0.25, 0.3) is 0 Å². The number of aliphatic hydroxyl groups excluding tert-OH is 1. The third kappa shape index (κ3) is 1.96. The average molecular weight is 214 g/mol. The van der Waals surface area contributed by atoms with Crippen molar-refractivity contribution < 1.29 is 14.6 Å². The topological polar surface area (TPSA) is 112 Å². The number of nitrogen functional groups attached to an aromatic ring is 1. The quantitative estimate of drug-likeness (QED) is 0.590. The van der Waals surface area contributed by atoms with Crippen LogP contribution < -0.4 is 11.4 Å². The van der Waals surface area contributed by atoms with Crippen LogP contribution >= 0.6 is 0 Å². The predicted molar refractivity (Wildman–Crippen MR) is 47.7 cm³/mol. The smallest absolute Gasteiger partial charge is 0.354 e. The number of hydrogen-bond acceptors (Lipinski definition) is 7. The van der Waals surface area contributed by atoms with Crippen molar-refractivity contribution in [3.8, 4) is 0 Å². The van der Waals surface area contributed by atoms with E-state index >= 15 is 0 Å². The predicted octanol–water partition coefficient (Wildman–Crippen LogP) is -1.92. The van der Waals surface area contributed by atoms with Crippen molar-refractivity contribution in [3.63, 3.8) is 0 Å². The minimum atomic E-state index is -0.709. The standard InChI is InChI=1S/C7H10N4O4/c8-6-9-3-11(7(13)10-6)4-2-14-5(1-12)15-4/h3-5,12H,1-2H2,(H2,8,10,13)/t4?,5-/m0/s1. The molecule has 2 heterocycles. The van der Waals surface area contributed by atoms with E-state index in [4.69, 9.17) is 20.3 Å². The summed E-state index contributed by atoms with van der Waals surface area (Å²) in [5.41, 5.74) is 4.67. The van der Waals surface area contributed by atoms with Crippen molar-refractivity contribution in [2.75, 3.05) is 18.9 Å². The molecule has 82 valence electrons. The highest BCUT2D eigenvalue weighted by Gasteiger charge is 2.27. The Hall–Kier alpha value is -1.51. The second-order valence-corrected chi connectivity index (χ2v) is 2.94. The second kappa shape index (κ2) is 3.93. The fraction of sp³-hybridized carbons (Fsp3) is 0.571. The Bertz CT molecular complexity index is 406. The summed E-state index contributed by atoms with van der Waals surface area (Å²) in [5, 5.41) is 8.76. The molecule has 1 saturated heterocycles. The molecular weight excluding hydrogens is 204 g/mol. The van der Waals surface area contributed by atoms with E-state index in [1.165, 1.54) is 6.33 Å². The Morgan fingerprint density at radius 3 is 3.13 bits per heavy atom. The Morgan fingerprint density at radius 2 is 2.53 bits per heavy atom. The Kier molecular flexibility index (Phi) is 2.62. The van der Waals surface area contributed by atoms with Crippen LogP contribution in [0.4, 0.5) is 5.95 Å². The summed E-state index contributed by atoms with van der Waals surface area (Å²) in [4.78, 5) is 18.5. The molecule has 0 spiro atoms. The van der Waals surface area contributed by atoms with Crippen LogP contribution in [0.3, 0.4) is 0 Å². The largest absolute Gasteiger partial charge is 0.391 e. The zero-order valence-electron chi connectivity index (χ0n) is 7.74. The number of hydrogen-bond donors (Lipinski definition) is 2. The zero-order valence-corrected chi connectivity index (χ0v) is 7.74. The molecule has 2 atom stereocenters. The number of aliphatic hydroxyl groups is 1. The van der Waals surface area contributed by atoms with Crippen LogP contribution in [0.25, 0.3) is 0 Å². The van der Waals surface area contributed by atoms with Crippen molar-refractivity contribution in [2.45, 2.75) is 12.5 Å². The van der Waals surface area contributed by atoms with Crippen molar-refractivity contribution in [3.05, 3.63) is 16.8 Å². The zero-order chi connectivity index (χ0) is 10.8. The van der Waals surface area contributed by atoms with Crippen LogP contribution in [0.5, 0.6) is 0 Å². The minimum Gasteiger partial charge on any atom is -0.391 e. The Morgan fingerprint density at radius 1 is 1.73 bits per heavy atom. The van der Waals surface area contributed by atoms with Gasteiger partial charge in [0.05, 0.1) is 13.2 Å². The van der Waals surface area contributed by atoms with Crippen LogP contribution in [0.2, 0.25) is 0 Å². The first-order valence-electron chi connectivity index (χ1n) is 4.29. The van der Waals surface area contributed by atoms with E-state index in [2.05, 4.69) is 9.97 Å². The highest BCUT2D eigenvalue weighted by molar-refractivity contribution is 5.09. The molecule has 1 aromatic rings. The molecule has 3 N–H and O–H groups in total. The fourth-order valence-corrected chi connectivity index (χ4v) is 1.24. The summed E-state index contributed by atoms with van der Waals surface area (Å²) in [6.07, 6.45) is -0.0898. The molecule has 0 bridgehead atoms. The van der Waals surface area contributed by atoms with Crippen LogP contribution in [0, 0.1) is 0 Å². The van der Waals surface area contributed by atoms with Gasteiger partial charge in [-0.15, -0.1) is 0 Å². The van der Waals surface area contributed by atoms with E-state index < -0.39 is 18.2 Å². The number of ether oxygens (including phenoxy) is 2. The molecule has 8 heteroatoms. The summed E-state index contributed by atoms with van der Waals surface area (Å²) in [5.74, 6) is -0.0890. The van der Waals surface area contributed by atoms with Gasteiger partial charge in [0.1, 0.15) is 6.33 Å². The minimum absolute atomic E-state index is 0.0890. The van der Waals surface area contributed by atoms with Gasteiger partial charge in [-0.25, -0.2) is 9.78 Å². The van der Waals surface area contributed by atoms with E-state index in [1.54, 1.807) is 0 Å². The average Bonchev–Trinajstić information content (AvgIpc) is 2.66. The molecule has 1 fully saturated rings. The molecule has 0 aromatic carbocycles. The van der Waals surface area contributed by atoms with E-state index in [1.807, 2.05) is 0 Å². The molecule has 0 amide bonds. The van der Waals surface area contributed by atoms with E-state index in [9.17, 15) is 4.79 Å². The number of anilines is 1. The van der Waals surface area contributed by atoms with Gasteiger partial charge in [-0.1, -0.05) is 0 Å². The van der Waals surface area contributed by atoms with Gasteiger partial charge >= 0.3 is 5.69 Å². The second-order valence-electron chi connectivity index (χ2n) is 2.94. The van der Waals surface area contributed by atoms with Crippen molar-refractivity contribution in [1.82, 2.24) is 14.5 Å². The van der Waals surface area contributed by atoms with Crippen molar-refractivity contribution >= 4 is 5.95 Å². The highest BCUT2D eigenvalue weighted by atomic mass is 16.7. The number of nitrogens with zero attached hydrogens (tertiary/aromatic N) is 3. The first kappa shape index (κ1) is 10.0. The van der Waals surface area contributed by atoms with E-state index in [0.717, 1.165) is 4.57 Å². The van der Waals surface area contributed by atoms with Gasteiger partial charge in [-0.2, -0.15) is 4.98 Å². The third-order valence-electron chi connectivity index (χ3n) is 1.94. The summed E-state index contributed by atoms with van der Waals surface area (Å²) in [6, 6.07) is 0. The van der Waals surface area contributed by atoms with Crippen LogP contribution in [0.1, 0.15) is 6.23 Å². The molecule has 0 aliphatic carbocycles. The van der Waals surface area contributed by atoms with Crippen LogP contribution in [-0.2, 0) is 9.47 Å². The normalized spacial score (nSPS) is 25.7. The van der Waals surface area contributed by atoms with Gasteiger partial charge in [0, 0.05) is 0 Å². The van der Waals surface area contributed by atoms with E-state index in [0.29, 0.717) is 0 Å². The lowest BCUT2D eigenvalue weighted by Gasteiger charge is -2.10. The van der Waals surface area contributed by atoms with Crippen molar-refractivity contribution in [1.29, 1.82) is 0 Å². The number of nitrogens with two attached hydrogens (primary N) is 1. The number of rotatable bonds is 2. The lowest BCUT2D eigenvalue weighted by atomic mass is 10.6.